The van der Waals surface area contributed by atoms with E-state index in [9.17, 15) is 0 Å². The van der Waals surface area contributed by atoms with E-state index in [1.165, 1.54) is 0 Å². The van der Waals surface area contributed by atoms with Gasteiger partial charge in [0.25, 0.3) is 0 Å². The van der Waals surface area contributed by atoms with Gasteiger partial charge in [0.15, 0.2) is 0 Å². The van der Waals surface area contributed by atoms with Crippen LogP contribution in [0.3, 0.4) is 0 Å². The van der Waals surface area contributed by atoms with Crippen LogP contribution < -0.4 is 0 Å². The molecule has 0 atom stereocenters. The van der Waals surface area contributed by atoms with Crippen molar-refractivity contribution in [3.8, 4) is 0 Å². The Morgan fingerprint density at radius 1 is 1.25 bits per heavy atom. The van der Waals surface area contributed by atoms with Crippen molar-refractivity contribution in [1.82, 2.24) is 0 Å². The summed E-state index contributed by atoms with van der Waals surface area (Å²) in [6.07, 6.45) is 0. The molecule has 0 fully saturated rings. The summed E-state index contributed by atoms with van der Waals surface area (Å²) in [5.41, 5.74) is 0. The van der Waals surface area contributed by atoms with Gasteiger partial charge in [-0.15, -0.1) is 0 Å². The van der Waals surface area contributed by atoms with Gasteiger partial charge in [-0.2, -0.15) is 0 Å². The number of rotatable bonds is 2. The van der Waals surface area contributed by atoms with Gasteiger partial charge in [0.05, 0.1) is 0 Å². The Bertz CT molecular complexity index is 66.2. The van der Waals surface area contributed by atoms with Crippen LogP contribution in [-0.4, -0.2) is 0 Å². The van der Waals surface area contributed by atoms with Crippen LogP contribution in [-0.2, 0) is 16.4 Å². The molecular formula is C4H9Cl3Hf. The molecule has 0 saturated carbocycles. The molecule has 50 valence electrons. The van der Waals surface area contributed by atoms with Gasteiger partial charge in [0.1, 0.15) is 0 Å². The molecule has 4 heteroatoms. The standard InChI is InChI=1S/C4H9.3ClH.Hf/c1-4(2)3;;;;/h4H,1H2,2-3H3;3*1H;/q;;;;+3/p-3. The zero-order chi connectivity index (χ0) is 6.78. The fraction of sp³-hybridized carbons (Fsp3) is 1.00. The van der Waals surface area contributed by atoms with Gasteiger partial charge in [-0.3, -0.25) is 0 Å². The summed E-state index contributed by atoms with van der Waals surface area (Å²) < 4.78 is 0.845. The Balaban J connectivity index is 3.39. The van der Waals surface area contributed by atoms with Crippen LogP contribution in [0.25, 0.3) is 0 Å². The Morgan fingerprint density at radius 3 is 1.62 bits per heavy atom. The predicted molar refractivity (Wildman–Crippen MR) is 37.2 cm³/mol. The summed E-state index contributed by atoms with van der Waals surface area (Å²) in [4.78, 5) is 0. The monoisotopic (exact) mass is 342 g/mol. The summed E-state index contributed by atoms with van der Waals surface area (Å²) in [7, 11) is 17.0. The van der Waals surface area contributed by atoms with Crippen LogP contribution in [0.5, 0.6) is 0 Å². The molecule has 0 heterocycles. The molecule has 0 aromatic rings. The van der Waals surface area contributed by atoms with Gasteiger partial charge in [0, 0.05) is 0 Å². The first-order valence-corrected chi connectivity index (χ1v) is 18.4. The molecule has 8 heavy (non-hydrogen) atoms. The summed E-state index contributed by atoms with van der Waals surface area (Å²) in [6, 6.07) is 0. The van der Waals surface area contributed by atoms with Gasteiger partial charge in [-0.1, -0.05) is 0 Å². The summed E-state index contributed by atoms with van der Waals surface area (Å²) >= 11 is -3.05. The second-order valence-electron chi connectivity index (χ2n) is 2.21. The Morgan fingerprint density at radius 2 is 1.62 bits per heavy atom. The van der Waals surface area contributed by atoms with Crippen molar-refractivity contribution in [3.05, 3.63) is 0 Å². The summed E-state index contributed by atoms with van der Waals surface area (Å²) in [5, 5.41) is 0. The first kappa shape index (κ1) is 9.74. The van der Waals surface area contributed by atoms with Crippen molar-refractivity contribution in [2.75, 3.05) is 0 Å². The topological polar surface area (TPSA) is 0 Å². The van der Waals surface area contributed by atoms with Crippen molar-refractivity contribution in [2.45, 2.75) is 18.0 Å². The van der Waals surface area contributed by atoms with Crippen molar-refractivity contribution < 1.29 is 16.4 Å². The van der Waals surface area contributed by atoms with Crippen molar-refractivity contribution in [1.29, 1.82) is 0 Å². The van der Waals surface area contributed by atoms with E-state index in [1.807, 2.05) is 0 Å². The van der Waals surface area contributed by atoms with E-state index < -0.39 is 16.4 Å². The number of hydrogen-bond donors (Lipinski definition) is 0. The van der Waals surface area contributed by atoms with Gasteiger partial charge in [-0.05, 0) is 0 Å². The van der Waals surface area contributed by atoms with Crippen LogP contribution in [0.1, 0.15) is 13.8 Å². The van der Waals surface area contributed by atoms with Crippen LogP contribution in [0.2, 0.25) is 4.18 Å². The molecule has 0 aromatic heterocycles. The van der Waals surface area contributed by atoms with Crippen molar-refractivity contribution in [2.24, 2.45) is 5.92 Å². The Hall–Kier alpha value is 1.74. The zero-order valence-electron chi connectivity index (χ0n) is 4.92. The Kier molecular flexibility index (Phi) is 4.63. The maximum atomic E-state index is 5.68. The fourth-order valence-corrected chi connectivity index (χ4v) is 11.4. The fourth-order valence-electron chi connectivity index (χ4n) is 0.463. The Labute approximate surface area is 65.5 Å². The number of halogens is 3. The van der Waals surface area contributed by atoms with Gasteiger partial charge < -0.3 is 0 Å². The van der Waals surface area contributed by atoms with E-state index in [0.29, 0.717) is 5.92 Å². The molecule has 0 N–H and O–H groups in total. The van der Waals surface area contributed by atoms with E-state index >= 15 is 0 Å². The zero-order valence-corrected chi connectivity index (χ0v) is 10.8. The van der Waals surface area contributed by atoms with E-state index in [-0.39, 0.29) is 0 Å². The van der Waals surface area contributed by atoms with E-state index in [2.05, 4.69) is 13.8 Å². The molecule has 0 aliphatic carbocycles. The second kappa shape index (κ2) is 3.80. The van der Waals surface area contributed by atoms with Crippen LogP contribution in [0.15, 0.2) is 0 Å². The first-order chi connectivity index (χ1) is 3.42. The summed E-state index contributed by atoms with van der Waals surface area (Å²) in [6.45, 7) is 4.14. The molecule has 0 unspecified atom stereocenters. The summed E-state index contributed by atoms with van der Waals surface area (Å²) in [5.74, 6) is 0.546. The molecule has 0 aromatic carbocycles. The molecule has 0 radical (unpaired) electrons. The third-order valence-electron chi connectivity index (χ3n) is 0.640. The quantitative estimate of drug-likeness (QED) is 0.672. The first-order valence-electron chi connectivity index (χ1n) is 2.48. The average molecular weight is 342 g/mol. The molecule has 0 aliphatic heterocycles. The number of hydrogen-bond acceptors (Lipinski definition) is 0. The maximum absolute atomic E-state index is 5.68. The predicted octanol–water partition coefficient (Wildman–Crippen LogP) is 3.68. The molecular weight excluding hydrogens is 333 g/mol. The molecule has 0 spiro atoms. The molecule has 0 bridgehead atoms. The van der Waals surface area contributed by atoms with Gasteiger partial charge in [0.2, 0.25) is 0 Å². The molecule has 0 nitrogen and oxygen atoms in total. The average Bonchev–Trinajstić information content (AvgIpc) is 1.21. The SMILES string of the molecule is CC(C)[CH2][Hf]([Cl])([Cl])[Cl]. The van der Waals surface area contributed by atoms with Gasteiger partial charge in [-0.25, -0.2) is 0 Å². The second-order valence-corrected chi connectivity index (χ2v) is 28.7. The molecule has 0 amide bonds. The molecule has 0 rings (SSSR count). The third-order valence-corrected chi connectivity index (χ3v) is 9.03. The van der Waals surface area contributed by atoms with Crippen molar-refractivity contribution >= 4 is 25.7 Å². The molecule has 0 aliphatic rings. The van der Waals surface area contributed by atoms with Gasteiger partial charge >= 0.3 is 66.1 Å². The van der Waals surface area contributed by atoms with Crippen LogP contribution in [0.4, 0.5) is 0 Å². The molecule has 0 saturated heterocycles. The van der Waals surface area contributed by atoms with Crippen LogP contribution in [0, 0.1) is 5.92 Å². The van der Waals surface area contributed by atoms with E-state index in [1.54, 1.807) is 0 Å². The van der Waals surface area contributed by atoms with E-state index in [0.717, 1.165) is 4.18 Å². The third kappa shape index (κ3) is 7.74. The minimum atomic E-state index is -3.05. The van der Waals surface area contributed by atoms with Crippen LogP contribution >= 0.6 is 25.7 Å². The van der Waals surface area contributed by atoms with E-state index in [4.69, 9.17) is 25.7 Å². The minimum absolute atomic E-state index is 0.546. The normalized spacial score (nSPS) is 12.8. The van der Waals surface area contributed by atoms with Crippen molar-refractivity contribution in [3.63, 3.8) is 0 Å².